The van der Waals surface area contributed by atoms with Crippen LogP contribution in [-0.4, -0.2) is 18.7 Å². The molecule has 17 heavy (non-hydrogen) atoms. The molecule has 0 fully saturated rings. The molecule has 0 spiro atoms. The topological polar surface area (TPSA) is 47.3 Å². The summed E-state index contributed by atoms with van der Waals surface area (Å²) in [7, 11) is 2.09. The third-order valence-corrected chi connectivity index (χ3v) is 3.47. The van der Waals surface area contributed by atoms with Crippen LogP contribution in [0.4, 0.5) is 5.69 Å². The van der Waals surface area contributed by atoms with E-state index in [4.69, 9.17) is 5.26 Å². The Morgan fingerprint density at radius 1 is 1.47 bits per heavy atom. The molecule has 0 saturated heterocycles. The maximum atomic E-state index is 10.0. The van der Waals surface area contributed by atoms with Crippen LogP contribution in [0.1, 0.15) is 30.6 Å². The standard InChI is InChI=1S/C14H18N2O/c1-10(9-15)14(17)12-5-6-13-11(8-12)4-3-7-16(13)2/h5-6,8,10,14,17H,3-4,7H2,1-2H3. The first-order valence-electron chi connectivity index (χ1n) is 6.05. The van der Waals surface area contributed by atoms with Crippen molar-refractivity contribution in [3.63, 3.8) is 0 Å². The van der Waals surface area contributed by atoms with Crippen LogP contribution >= 0.6 is 0 Å². The highest BCUT2D eigenvalue weighted by molar-refractivity contribution is 5.56. The molecule has 3 nitrogen and oxygen atoms in total. The lowest BCUT2D eigenvalue weighted by Gasteiger charge is -2.28. The Hall–Kier alpha value is -1.53. The summed E-state index contributed by atoms with van der Waals surface area (Å²) in [4.78, 5) is 2.24. The number of rotatable bonds is 2. The normalized spacial score (nSPS) is 18.1. The molecule has 90 valence electrons. The molecule has 1 aromatic carbocycles. The van der Waals surface area contributed by atoms with Gasteiger partial charge in [-0.1, -0.05) is 12.1 Å². The molecule has 0 radical (unpaired) electrons. The summed E-state index contributed by atoms with van der Waals surface area (Å²) in [5.41, 5.74) is 3.38. The van der Waals surface area contributed by atoms with Crippen molar-refractivity contribution in [2.45, 2.75) is 25.9 Å². The molecule has 2 rings (SSSR count). The molecular weight excluding hydrogens is 212 g/mol. The van der Waals surface area contributed by atoms with Gasteiger partial charge in [-0.15, -0.1) is 0 Å². The minimum absolute atomic E-state index is 0.366. The summed E-state index contributed by atoms with van der Waals surface area (Å²) in [6, 6.07) is 8.12. The number of nitrogens with zero attached hydrogens (tertiary/aromatic N) is 2. The Morgan fingerprint density at radius 2 is 2.24 bits per heavy atom. The van der Waals surface area contributed by atoms with E-state index in [-0.39, 0.29) is 5.92 Å². The largest absolute Gasteiger partial charge is 0.387 e. The van der Waals surface area contributed by atoms with E-state index in [9.17, 15) is 5.11 Å². The predicted molar refractivity (Wildman–Crippen MR) is 67.8 cm³/mol. The lowest BCUT2D eigenvalue weighted by Crippen LogP contribution is -2.24. The van der Waals surface area contributed by atoms with E-state index in [1.807, 2.05) is 12.1 Å². The van der Waals surface area contributed by atoms with Crippen molar-refractivity contribution in [1.29, 1.82) is 5.26 Å². The summed E-state index contributed by atoms with van der Waals surface area (Å²) < 4.78 is 0. The number of aliphatic hydroxyl groups is 1. The van der Waals surface area contributed by atoms with Gasteiger partial charge in [-0.05, 0) is 37.0 Å². The van der Waals surface area contributed by atoms with Crippen LogP contribution in [0.5, 0.6) is 0 Å². The zero-order chi connectivity index (χ0) is 12.4. The van der Waals surface area contributed by atoms with Crippen LogP contribution in [0, 0.1) is 17.2 Å². The number of anilines is 1. The first-order valence-corrected chi connectivity index (χ1v) is 6.05. The fraction of sp³-hybridized carbons (Fsp3) is 0.500. The second-order valence-corrected chi connectivity index (χ2v) is 4.78. The van der Waals surface area contributed by atoms with Crippen LogP contribution in [0.3, 0.4) is 0 Å². The van der Waals surface area contributed by atoms with E-state index in [2.05, 4.69) is 24.1 Å². The van der Waals surface area contributed by atoms with Crippen molar-refractivity contribution in [2.75, 3.05) is 18.5 Å². The van der Waals surface area contributed by atoms with Gasteiger partial charge in [0.15, 0.2) is 0 Å². The second kappa shape index (κ2) is 4.77. The van der Waals surface area contributed by atoms with Gasteiger partial charge < -0.3 is 10.0 Å². The highest BCUT2D eigenvalue weighted by Crippen LogP contribution is 2.30. The average molecular weight is 230 g/mol. The van der Waals surface area contributed by atoms with Gasteiger partial charge in [-0.2, -0.15) is 5.26 Å². The SMILES string of the molecule is CC(C#N)C(O)c1ccc2c(c1)CCCN2C. The summed E-state index contributed by atoms with van der Waals surface area (Å²) in [5, 5.41) is 18.8. The Balaban J connectivity index is 2.31. The van der Waals surface area contributed by atoms with Gasteiger partial charge in [0.2, 0.25) is 0 Å². The van der Waals surface area contributed by atoms with E-state index in [0.717, 1.165) is 24.9 Å². The number of hydrogen-bond donors (Lipinski definition) is 1. The Labute approximate surface area is 102 Å². The van der Waals surface area contributed by atoms with Crippen molar-refractivity contribution in [3.8, 4) is 6.07 Å². The van der Waals surface area contributed by atoms with Gasteiger partial charge in [0.1, 0.15) is 0 Å². The molecule has 2 unspecified atom stereocenters. The summed E-state index contributed by atoms with van der Waals surface area (Å²) in [5.74, 6) is -0.366. The highest BCUT2D eigenvalue weighted by atomic mass is 16.3. The monoisotopic (exact) mass is 230 g/mol. The van der Waals surface area contributed by atoms with Gasteiger partial charge in [0, 0.05) is 19.3 Å². The van der Waals surface area contributed by atoms with Crippen molar-refractivity contribution >= 4 is 5.69 Å². The van der Waals surface area contributed by atoms with E-state index >= 15 is 0 Å². The number of nitriles is 1. The summed E-state index contributed by atoms with van der Waals surface area (Å²) in [6.07, 6.45) is 1.52. The van der Waals surface area contributed by atoms with Gasteiger partial charge >= 0.3 is 0 Å². The van der Waals surface area contributed by atoms with Gasteiger partial charge in [0.25, 0.3) is 0 Å². The Bertz CT molecular complexity index is 450. The molecule has 1 aromatic rings. The minimum Gasteiger partial charge on any atom is -0.387 e. The predicted octanol–water partition coefficient (Wildman–Crippen LogP) is 2.26. The Morgan fingerprint density at radius 3 is 2.94 bits per heavy atom. The van der Waals surface area contributed by atoms with E-state index < -0.39 is 6.10 Å². The fourth-order valence-corrected chi connectivity index (χ4v) is 2.35. The molecule has 1 aliphatic rings. The zero-order valence-electron chi connectivity index (χ0n) is 10.3. The third kappa shape index (κ3) is 2.27. The quantitative estimate of drug-likeness (QED) is 0.847. The van der Waals surface area contributed by atoms with Crippen LogP contribution in [0.25, 0.3) is 0 Å². The third-order valence-electron chi connectivity index (χ3n) is 3.47. The lowest BCUT2D eigenvalue weighted by atomic mass is 9.93. The van der Waals surface area contributed by atoms with E-state index in [1.54, 1.807) is 6.92 Å². The van der Waals surface area contributed by atoms with Crippen LogP contribution in [-0.2, 0) is 6.42 Å². The number of hydrogen-bond acceptors (Lipinski definition) is 3. The molecule has 0 saturated carbocycles. The van der Waals surface area contributed by atoms with Crippen molar-refractivity contribution in [1.82, 2.24) is 0 Å². The summed E-state index contributed by atoms with van der Waals surface area (Å²) in [6.45, 7) is 2.83. The molecule has 0 amide bonds. The van der Waals surface area contributed by atoms with Crippen LogP contribution < -0.4 is 4.90 Å². The average Bonchev–Trinajstić information content (AvgIpc) is 2.37. The smallest absolute Gasteiger partial charge is 0.0945 e. The maximum Gasteiger partial charge on any atom is 0.0945 e. The first-order chi connectivity index (χ1) is 8.13. The van der Waals surface area contributed by atoms with E-state index in [1.165, 1.54) is 11.3 Å². The molecule has 3 heteroatoms. The second-order valence-electron chi connectivity index (χ2n) is 4.78. The molecular formula is C14H18N2O. The van der Waals surface area contributed by atoms with Crippen molar-refractivity contribution in [3.05, 3.63) is 29.3 Å². The molecule has 0 bridgehead atoms. The number of benzene rings is 1. The number of fused-ring (bicyclic) bond motifs is 1. The molecule has 1 heterocycles. The molecule has 1 aliphatic heterocycles. The highest BCUT2D eigenvalue weighted by Gasteiger charge is 2.19. The van der Waals surface area contributed by atoms with Gasteiger partial charge in [-0.3, -0.25) is 0 Å². The molecule has 0 aromatic heterocycles. The van der Waals surface area contributed by atoms with Crippen LogP contribution in [0.2, 0.25) is 0 Å². The molecule has 2 atom stereocenters. The lowest BCUT2D eigenvalue weighted by molar-refractivity contribution is 0.142. The number of aryl methyl sites for hydroxylation is 1. The van der Waals surface area contributed by atoms with Crippen LogP contribution in [0.15, 0.2) is 18.2 Å². The van der Waals surface area contributed by atoms with Gasteiger partial charge in [-0.25, -0.2) is 0 Å². The minimum atomic E-state index is -0.683. The zero-order valence-corrected chi connectivity index (χ0v) is 10.3. The fourth-order valence-electron chi connectivity index (χ4n) is 2.35. The molecule has 1 N–H and O–H groups in total. The van der Waals surface area contributed by atoms with Crippen molar-refractivity contribution in [2.24, 2.45) is 5.92 Å². The van der Waals surface area contributed by atoms with E-state index in [0.29, 0.717) is 0 Å². The maximum absolute atomic E-state index is 10.0. The Kier molecular flexibility index (Phi) is 3.35. The summed E-state index contributed by atoms with van der Waals surface area (Å²) >= 11 is 0. The van der Waals surface area contributed by atoms with Crippen molar-refractivity contribution < 1.29 is 5.11 Å². The molecule has 0 aliphatic carbocycles. The number of aliphatic hydroxyl groups excluding tert-OH is 1. The van der Waals surface area contributed by atoms with Gasteiger partial charge in [0.05, 0.1) is 18.1 Å². The first kappa shape index (κ1) is 11.9.